The Hall–Kier alpha value is -3.06. The number of anilines is 3. The molecule has 1 aromatic carbocycles. The summed E-state index contributed by atoms with van der Waals surface area (Å²) in [5, 5.41) is 16.3. The minimum absolute atomic E-state index is 0.171. The highest BCUT2D eigenvalue weighted by molar-refractivity contribution is 5.60. The number of aliphatic hydroxyl groups is 1. The highest BCUT2D eigenvalue weighted by Gasteiger charge is 2.23. The summed E-state index contributed by atoms with van der Waals surface area (Å²) in [6.45, 7) is 0. The largest absolute Gasteiger partial charge is 0.393 e. The van der Waals surface area contributed by atoms with Gasteiger partial charge >= 0.3 is 0 Å². The van der Waals surface area contributed by atoms with E-state index in [1.54, 1.807) is 12.4 Å². The van der Waals surface area contributed by atoms with Gasteiger partial charge in [0.15, 0.2) is 5.82 Å². The number of pyridine rings is 1. The van der Waals surface area contributed by atoms with E-state index in [2.05, 4.69) is 30.6 Å². The molecular formula is C19H20N6O. The first kappa shape index (κ1) is 16.4. The van der Waals surface area contributed by atoms with Crippen LogP contribution < -0.4 is 10.6 Å². The van der Waals surface area contributed by atoms with Crippen LogP contribution in [0, 0.1) is 0 Å². The highest BCUT2D eigenvalue weighted by atomic mass is 16.3. The number of benzene rings is 1. The molecule has 2 unspecified atom stereocenters. The maximum atomic E-state index is 9.75. The SMILES string of the molecule is OC1CCC(Nc2nc(Nc3ccncc3)nc(-c3ccccc3)n2)C1. The van der Waals surface area contributed by atoms with Crippen molar-refractivity contribution < 1.29 is 5.11 Å². The number of aliphatic hydroxyl groups excluding tert-OH is 1. The second-order valence-electron chi connectivity index (χ2n) is 6.34. The van der Waals surface area contributed by atoms with Crippen molar-refractivity contribution in [2.75, 3.05) is 10.6 Å². The Bertz CT molecular complexity index is 858. The van der Waals surface area contributed by atoms with Crippen LogP contribution in [0.1, 0.15) is 19.3 Å². The average Bonchev–Trinajstić information content (AvgIpc) is 3.08. The second-order valence-corrected chi connectivity index (χ2v) is 6.34. The number of aromatic nitrogens is 4. The Labute approximate surface area is 151 Å². The summed E-state index contributed by atoms with van der Waals surface area (Å²) < 4.78 is 0. The molecule has 0 saturated heterocycles. The first-order valence-electron chi connectivity index (χ1n) is 8.69. The number of rotatable bonds is 5. The van der Waals surface area contributed by atoms with E-state index >= 15 is 0 Å². The van der Waals surface area contributed by atoms with E-state index in [-0.39, 0.29) is 12.1 Å². The number of hydrogen-bond acceptors (Lipinski definition) is 7. The summed E-state index contributed by atoms with van der Waals surface area (Å²) in [6.07, 6.45) is 5.58. The van der Waals surface area contributed by atoms with Crippen molar-refractivity contribution in [2.45, 2.75) is 31.4 Å². The maximum Gasteiger partial charge on any atom is 0.232 e. The molecule has 2 aromatic heterocycles. The van der Waals surface area contributed by atoms with Gasteiger partial charge in [-0.1, -0.05) is 30.3 Å². The lowest BCUT2D eigenvalue weighted by molar-refractivity contribution is 0.182. The molecule has 1 saturated carbocycles. The maximum absolute atomic E-state index is 9.75. The summed E-state index contributed by atoms with van der Waals surface area (Å²) >= 11 is 0. The van der Waals surface area contributed by atoms with Crippen LogP contribution in [-0.2, 0) is 0 Å². The van der Waals surface area contributed by atoms with Gasteiger partial charge in [0, 0.05) is 29.7 Å². The van der Waals surface area contributed by atoms with E-state index in [9.17, 15) is 5.11 Å². The minimum Gasteiger partial charge on any atom is -0.393 e. The first-order chi connectivity index (χ1) is 12.8. The Morgan fingerprint density at radius 2 is 1.65 bits per heavy atom. The van der Waals surface area contributed by atoms with Crippen molar-refractivity contribution in [2.24, 2.45) is 0 Å². The minimum atomic E-state index is -0.252. The third-order valence-corrected chi connectivity index (χ3v) is 4.34. The van der Waals surface area contributed by atoms with Gasteiger partial charge in [-0.2, -0.15) is 15.0 Å². The van der Waals surface area contributed by atoms with Crippen LogP contribution >= 0.6 is 0 Å². The third-order valence-electron chi connectivity index (χ3n) is 4.34. The summed E-state index contributed by atoms with van der Waals surface area (Å²) in [4.78, 5) is 17.6. The molecule has 0 spiro atoms. The second kappa shape index (κ2) is 7.45. The topological polar surface area (TPSA) is 95.8 Å². The molecule has 132 valence electrons. The fraction of sp³-hybridized carbons (Fsp3) is 0.263. The Morgan fingerprint density at radius 3 is 2.38 bits per heavy atom. The lowest BCUT2D eigenvalue weighted by Crippen LogP contribution is -2.19. The normalized spacial score (nSPS) is 19.3. The molecular weight excluding hydrogens is 328 g/mol. The highest BCUT2D eigenvalue weighted by Crippen LogP contribution is 2.24. The van der Waals surface area contributed by atoms with Crippen molar-refractivity contribution in [3.05, 3.63) is 54.9 Å². The van der Waals surface area contributed by atoms with E-state index < -0.39 is 0 Å². The predicted molar refractivity (Wildman–Crippen MR) is 100 cm³/mol. The summed E-state index contributed by atoms with van der Waals surface area (Å²) in [5.41, 5.74) is 1.77. The molecule has 2 heterocycles. The monoisotopic (exact) mass is 348 g/mol. The van der Waals surface area contributed by atoms with E-state index in [4.69, 9.17) is 0 Å². The van der Waals surface area contributed by atoms with Gasteiger partial charge in [0.1, 0.15) is 0 Å². The van der Waals surface area contributed by atoms with Crippen LogP contribution in [0.2, 0.25) is 0 Å². The average molecular weight is 348 g/mol. The van der Waals surface area contributed by atoms with Crippen LogP contribution in [0.4, 0.5) is 17.6 Å². The van der Waals surface area contributed by atoms with Gasteiger partial charge < -0.3 is 15.7 Å². The van der Waals surface area contributed by atoms with E-state index in [0.29, 0.717) is 24.1 Å². The van der Waals surface area contributed by atoms with Crippen LogP contribution in [0.5, 0.6) is 0 Å². The standard InChI is InChI=1S/C19H20N6O/c26-16-7-6-15(12-16)22-19-24-17(13-4-2-1-3-5-13)23-18(25-19)21-14-8-10-20-11-9-14/h1-5,8-11,15-16,26H,6-7,12H2,(H2,20,21,22,23,24,25). The molecule has 3 aromatic rings. The molecule has 1 fully saturated rings. The van der Waals surface area contributed by atoms with Crippen LogP contribution in [0.15, 0.2) is 54.9 Å². The van der Waals surface area contributed by atoms with Crippen LogP contribution in [-0.4, -0.2) is 37.2 Å². The molecule has 0 bridgehead atoms. The fourth-order valence-corrected chi connectivity index (χ4v) is 3.05. The summed E-state index contributed by atoms with van der Waals surface area (Å²) in [7, 11) is 0. The Balaban J connectivity index is 1.65. The lowest BCUT2D eigenvalue weighted by Gasteiger charge is -2.14. The van der Waals surface area contributed by atoms with Crippen molar-refractivity contribution >= 4 is 17.6 Å². The summed E-state index contributed by atoms with van der Waals surface area (Å²) in [6, 6.07) is 13.7. The molecule has 0 amide bonds. The molecule has 7 nitrogen and oxygen atoms in total. The molecule has 1 aliphatic carbocycles. The third kappa shape index (κ3) is 3.94. The molecule has 3 N–H and O–H groups in total. The van der Waals surface area contributed by atoms with Gasteiger partial charge in [0.05, 0.1) is 6.10 Å². The van der Waals surface area contributed by atoms with Crippen molar-refractivity contribution in [1.29, 1.82) is 0 Å². The smallest absolute Gasteiger partial charge is 0.232 e. The van der Waals surface area contributed by atoms with Gasteiger partial charge in [-0.3, -0.25) is 4.98 Å². The van der Waals surface area contributed by atoms with Crippen LogP contribution in [0.3, 0.4) is 0 Å². The molecule has 0 aliphatic heterocycles. The van der Waals surface area contributed by atoms with Crippen molar-refractivity contribution in [3.8, 4) is 11.4 Å². The van der Waals surface area contributed by atoms with Crippen LogP contribution in [0.25, 0.3) is 11.4 Å². The van der Waals surface area contributed by atoms with Crippen molar-refractivity contribution in [3.63, 3.8) is 0 Å². The number of nitrogens with zero attached hydrogens (tertiary/aromatic N) is 4. The zero-order valence-corrected chi connectivity index (χ0v) is 14.2. The van der Waals surface area contributed by atoms with Gasteiger partial charge in [0.25, 0.3) is 0 Å². The van der Waals surface area contributed by atoms with Gasteiger partial charge in [-0.25, -0.2) is 0 Å². The predicted octanol–water partition coefficient (Wildman–Crippen LogP) is 3.00. The molecule has 1 aliphatic rings. The molecule has 26 heavy (non-hydrogen) atoms. The summed E-state index contributed by atoms with van der Waals surface area (Å²) in [5.74, 6) is 1.57. The number of nitrogens with one attached hydrogen (secondary N) is 2. The van der Waals surface area contributed by atoms with E-state index in [0.717, 1.165) is 24.1 Å². The van der Waals surface area contributed by atoms with Gasteiger partial charge in [-0.05, 0) is 31.4 Å². The van der Waals surface area contributed by atoms with E-state index in [1.807, 2.05) is 42.5 Å². The molecule has 0 radical (unpaired) electrons. The lowest BCUT2D eigenvalue weighted by atomic mass is 10.2. The first-order valence-corrected chi connectivity index (χ1v) is 8.69. The van der Waals surface area contributed by atoms with Crippen molar-refractivity contribution in [1.82, 2.24) is 19.9 Å². The van der Waals surface area contributed by atoms with Gasteiger partial charge in [0.2, 0.25) is 11.9 Å². The molecule has 7 heteroatoms. The number of hydrogen-bond donors (Lipinski definition) is 3. The Morgan fingerprint density at radius 1 is 0.885 bits per heavy atom. The molecule has 4 rings (SSSR count). The zero-order valence-electron chi connectivity index (χ0n) is 14.2. The fourth-order valence-electron chi connectivity index (χ4n) is 3.05. The van der Waals surface area contributed by atoms with E-state index in [1.165, 1.54) is 0 Å². The quantitative estimate of drug-likeness (QED) is 0.652. The Kier molecular flexibility index (Phi) is 4.70. The van der Waals surface area contributed by atoms with Gasteiger partial charge in [-0.15, -0.1) is 0 Å². The zero-order chi connectivity index (χ0) is 17.8. The molecule has 2 atom stereocenters.